The fraction of sp³-hybridized carbons (Fsp3) is 0.667. The maximum Gasteiger partial charge on any atom is 0.220 e. The van der Waals surface area contributed by atoms with Crippen molar-refractivity contribution in [2.24, 2.45) is 5.73 Å². The van der Waals surface area contributed by atoms with Crippen LogP contribution in [0.15, 0.2) is 0 Å². The largest absolute Gasteiger partial charge is 0.481 e. The molecule has 0 radical (unpaired) electrons. The smallest absolute Gasteiger partial charge is 0.220 e. The lowest BCUT2D eigenvalue weighted by molar-refractivity contribution is 0.235. The maximum atomic E-state index is 5.62. The van der Waals surface area contributed by atoms with Gasteiger partial charge in [0.15, 0.2) is 0 Å². The highest BCUT2D eigenvalue weighted by molar-refractivity contribution is 5.33. The van der Waals surface area contributed by atoms with E-state index in [0.29, 0.717) is 18.2 Å². The number of hydrogen-bond donors (Lipinski definition) is 1. The standard InChI is InChI=1S/C12H18N4O/c1-17-12-9-4-5-16(8-2-3-8)7-10(9)14-11(6-13)15-12/h8H,2-7,13H2,1H3. The molecule has 17 heavy (non-hydrogen) atoms. The Kier molecular flexibility index (Phi) is 2.72. The molecule has 0 unspecified atom stereocenters. The Labute approximate surface area is 101 Å². The van der Waals surface area contributed by atoms with E-state index in [-0.39, 0.29) is 0 Å². The first-order chi connectivity index (χ1) is 8.31. The molecule has 0 aromatic carbocycles. The molecule has 0 spiro atoms. The van der Waals surface area contributed by atoms with E-state index in [1.807, 2.05) is 0 Å². The Bertz CT molecular complexity index is 431. The molecule has 0 saturated heterocycles. The monoisotopic (exact) mass is 234 g/mol. The molecule has 2 heterocycles. The Hall–Kier alpha value is -1.20. The zero-order valence-corrected chi connectivity index (χ0v) is 10.1. The highest BCUT2D eigenvalue weighted by Crippen LogP contribution is 2.33. The molecule has 1 fully saturated rings. The lowest BCUT2D eigenvalue weighted by Gasteiger charge is -2.28. The summed E-state index contributed by atoms with van der Waals surface area (Å²) in [6, 6.07) is 0.783. The molecule has 92 valence electrons. The summed E-state index contributed by atoms with van der Waals surface area (Å²) in [6.07, 6.45) is 3.66. The Morgan fingerprint density at radius 3 is 2.88 bits per heavy atom. The second-order valence-electron chi connectivity index (χ2n) is 4.73. The minimum absolute atomic E-state index is 0.368. The van der Waals surface area contributed by atoms with Gasteiger partial charge in [-0.15, -0.1) is 0 Å². The number of ether oxygens (including phenoxy) is 1. The van der Waals surface area contributed by atoms with E-state index in [0.717, 1.165) is 31.2 Å². The van der Waals surface area contributed by atoms with Gasteiger partial charge in [0.1, 0.15) is 5.82 Å². The molecule has 5 heteroatoms. The first kappa shape index (κ1) is 10.9. The molecule has 2 N–H and O–H groups in total. The minimum Gasteiger partial charge on any atom is -0.481 e. The molecular weight excluding hydrogens is 216 g/mol. The summed E-state index contributed by atoms with van der Waals surface area (Å²) in [5.74, 6) is 1.39. The van der Waals surface area contributed by atoms with E-state index in [1.54, 1.807) is 7.11 Å². The summed E-state index contributed by atoms with van der Waals surface area (Å²) in [5.41, 5.74) is 7.89. The molecule has 1 aromatic rings. The van der Waals surface area contributed by atoms with Crippen molar-refractivity contribution in [3.63, 3.8) is 0 Å². The van der Waals surface area contributed by atoms with Crippen molar-refractivity contribution in [3.05, 3.63) is 17.1 Å². The number of fused-ring (bicyclic) bond motifs is 1. The molecule has 0 atom stereocenters. The molecule has 1 aromatic heterocycles. The number of nitrogens with zero attached hydrogens (tertiary/aromatic N) is 3. The third-order valence-corrected chi connectivity index (χ3v) is 3.54. The van der Waals surface area contributed by atoms with Crippen LogP contribution in [0.2, 0.25) is 0 Å². The molecule has 0 amide bonds. The van der Waals surface area contributed by atoms with Crippen molar-refractivity contribution >= 4 is 0 Å². The van der Waals surface area contributed by atoms with E-state index in [1.165, 1.54) is 18.4 Å². The van der Waals surface area contributed by atoms with Gasteiger partial charge in [-0.2, -0.15) is 4.98 Å². The number of nitrogens with two attached hydrogens (primary N) is 1. The van der Waals surface area contributed by atoms with Crippen molar-refractivity contribution in [3.8, 4) is 5.88 Å². The van der Waals surface area contributed by atoms with E-state index in [9.17, 15) is 0 Å². The second kappa shape index (κ2) is 4.23. The van der Waals surface area contributed by atoms with Crippen molar-refractivity contribution in [2.75, 3.05) is 13.7 Å². The minimum atomic E-state index is 0.368. The van der Waals surface area contributed by atoms with Gasteiger partial charge in [-0.1, -0.05) is 0 Å². The van der Waals surface area contributed by atoms with Crippen LogP contribution in [0.4, 0.5) is 0 Å². The summed E-state index contributed by atoms with van der Waals surface area (Å²) in [5, 5.41) is 0. The van der Waals surface area contributed by atoms with E-state index in [4.69, 9.17) is 10.5 Å². The highest BCUT2D eigenvalue weighted by atomic mass is 16.5. The van der Waals surface area contributed by atoms with Gasteiger partial charge in [-0.3, -0.25) is 4.90 Å². The van der Waals surface area contributed by atoms with Crippen molar-refractivity contribution < 1.29 is 4.74 Å². The average molecular weight is 234 g/mol. The lowest BCUT2D eigenvalue weighted by atomic mass is 10.1. The summed E-state index contributed by atoms with van der Waals surface area (Å²) in [7, 11) is 1.66. The van der Waals surface area contributed by atoms with Gasteiger partial charge in [-0.05, 0) is 19.3 Å². The average Bonchev–Trinajstić information content (AvgIpc) is 3.20. The first-order valence-corrected chi connectivity index (χ1v) is 6.18. The van der Waals surface area contributed by atoms with Gasteiger partial charge in [0.05, 0.1) is 19.3 Å². The Morgan fingerprint density at radius 1 is 1.41 bits per heavy atom. The number of rotatable bonds is 3. The van der Waals surface area contributed by atoms with Gasteiger partial charge < -0.3 is 10.5 Å². The van der Waals surface area contributed by atoms with Crippen LogP contribution in [0.3, 0.4) is 0 Å². The predicted molar refractivity (Wildman–Crippen MR) is 63.6 cm³/mol. The van der Waals surface area contributed by atoms with Crippen molar-refractivity contribution in [1.82, 2.24) is 14.9 Å². The number of hydrogen-bond acceptors (Lipinski definition) is 5. The van der Waals surface area contributed by atoms with Crippen LogP contribution in [0, 0.1) is 0 Å². The number of aromatic nitrogens is 2. The molecule has 2 aliphatic rings. The summed E-state index contributed by atoms with van der Waals surface area (Å²) in [4.78, 5) is 11.4. The van der Waals surface area contributed by atoms with E-state index >= 15 is 0 Å². The molecule has 1 aliphatic carbocycles. The SMILES string of the molecule is COc1nc(CN)nc2c1CCN(C1CC1)C2. The summed E-state index contributed by atoms with van der Waals surface area (Å²) in [6.45, 7) is 2.39. The summed E-state index contributed by atoms with van der Waals surface area (Å²) < 4.78 is 5.34. The predicted octanol–water partition coefficient (Wildman–Crippen LogP) is 0.464. The molecule has 1 saturated carbocycles. The zero-order valence-electron chi connectivity index (χ0n) is 10.1. The lowest BCUT2D eigenvalue weighted by Crippen LogP contribution is -2.33. The van der Waals surface area contributed by atoms with Crippen LogP contribution in [0.1, 0.15) is 29.9 Å². The van der Waals surface area contributed by atoms with Crippen LogP contribution in [-0.2, 0) is 19.5 Å². The van der Waals surface area contributed by atoms with Crippen LogP contribution in [0.5, 0.6) is 5.88 Å². The molecular formula is C12H18N4O. The number of methoxy groups -OCH3 is 1. The Balaban J connectivity index is 1.93. The van der Waals surface area contributed by atoms with Crippen molar-refractivity contribution in [1.29, 1.82) is 0 Å². The Morgan fingerprint density at radius 2 is 2.24 bits per heavy atom. The van der Waals surface area contributed by atoms with Crippen LogP contribution in [0.25, 0.3) is 0 Å². The third-order valence-electron chi connectivity index (χ3n) is 3.54. The molecule has 3 rings (SSSR count). The topological polar surface area (TPSA) is 64.3 Å². The van der Waals surface area contributed by atoms with E-state index in [2.05, 4.69) is 14.9 Å². The third kappa shape index (κ3) is 2.00. The van der Waals surface area contributed by atoms with Gasteiger partial charge in [0.25, 0.3) is 0 Å². The first-order valence-electron chi connectivity index (χ1n) is 6.18. The van der Waals surface area contributed by atoms with Crippen molar-refractivity contribution in [2.45, 2.75) is 38.4 Å². The molecule has 0 bridgehead atoms. The fourth-order valence-electron chi connectivity index (χ4n) is 2.48. The van der Waals surface area contributed by atoms with Crippen LogP contribution >= 0.6 is 0 Å². The van der Waals surface area contributed by atoms with E-state index < -0.39 is 0 Å². The normalized spacial score (nSPS) is 20.1. The van der Waals surface area contributed by atoms with Crippen LogP contribution < -0.4 is 10.5 Å². The molecule has 1 aliphatic heterocycles. The van der Waals surface area contributed by atoms with Gasteiger partial charge in [0.2, 0.25) is 5.88 Å². The van der Waals surface area contributed by atoms with Crippen LogP contribution in [-0.4, -0.2) is 34.6 Å². The van der Waals surface area contributed by atoms with Gasteiger partial charge >= 0.3 is 0 Å². The highest BCUT2D eigenvalue weighted by Gasteiger charge is 2.33. The fourth-order valence-corrected chi connectivity index (χ4v) is 2.48. The van der Waals surface area contributed by atoms with Gasteiger partial charge in [0, 0.05) is 24.7 Å². The molecule has 5 nitrogen and oxygen atoms in total. The zero-order chi connectivity index (χ0) is 11.8. The maximum absolute atomic E-state index is 5.62. The summed E-state index contributed by atoms with van der Waals surface area (Å²) >= 11 is 0. The quantitative estimate of drug-likeness (QED) is 0.823. The second-order valence-corrected chi connectivity index (χ2v) is 4.73. The van der Waals surface area contributed by atoms with Gasteiger partial charge in [-0.25, -0.2) is 4.98 Å².